The fraction of sp³-hybridized carbons (Fsp3) is 0.500. The van der Waals surface area contributed by atoms with Crippen molar-refractivity contribution in [3.8, 4) is 11.5 Å². The highest BCUT2D eigenvalue weighted by Crippen LogP contribution is 2.42. The number of benzene rings is 4. The minimum atomic E-state index is -3.87. The molecule has 0 fully saturated rings. The van der Waals surface area contributed by atoms with Crippen LogP contribution in [0, 0.1) is 0 Å². The maximum absolute atomic E-state index is 13.0. The van der Waals surface area contributed by atoms with Crippen molar-refractivity contribution in [1.82, 2.24) is 40.5 Å². The molecule has 4 aromatic carbocycles. The number of aromatic hydroxyl groups is 1. The number of sulfonamides is 2. The standard InChI is InChI=1S/C52H70Cl4N8O12S2/c1-63(2)48-33-44-45(29-38(54)31-47(44)56)50(48)76-40-6-8-41(9-7-40)77(68,69)61-16-20-74-24-22-72-18-14-59-51(66)57-12-4-5-13-58-52(67)60-15-19-73-23-25-75-21-17-62-78(70,71)42-10-11-49(65)36(28-42)34-64(3)39-27-35-26-37(53)30-46(55)43(35)32-39/h6-11,26,28-31,39,48,50,61-62,65H,4-5,12-25,27,32-34H2,1-3H3,(H2,57,59,66)(H2,58,60,67). The molecule has 7 N–H and O–H groups in total. The molecule has 3 atom stereocenters. The molecular formula is C52H70Cl4N8O12S2. The van der Waals surface area contributed by atoms with Gasteiger partial charge in [-0.05, 0) is 137 Å². The predicted molar refractivity (Wildman–Crippen MR) is 300 cm³/mol. The monoisotopic (exact) mass is 1200 g/mol. The van der Waals surface area contributed by atoms with Crippen LogP contribution in [-0.4, -0.2) is 169 Å². The molecule has 430 valence electrons. The van der Waals surface area contributed by atoms with Gasteiger partial charge in [-0.25, -0.2) is 35.9 Å². The van der Waals surface area contributed by atoms with Gasteiger partial charge in [0.25, 0.3) is 0 Å². The molecule has 2 aliphatic carbocycles. The Kier molecular flexibility index (Phi) is 25.1. The molecule has 0 radical (unpaired) electrons. The second-order valence-electron chi connectivity index (χ2n) is 18.8. The Morgan fingerprint density at radius 3 is 1.65 bits per heavy atom. The van der Waals surface area contributed by atoms with Crippen LogP contribution in [0.25, 0.3) is 0 Å². The fourth-order valence-corrected chi connectivity index (χ4v) is 12.1. The highest BCUT2D eigenvalue weighted by Gasteiger charge is 2.37. The van der Waals surface area contributed by atoms with E-state index < -0.39 is 20.0 Å². The van der Waals surface area contributed by atoms with Gasteiger partial charge in [0.1, 0.15) is 17.6 Å². The van der Waals surface area contributed by atoms with Crippen LogP contribution in [0.2, 0.25) is 20.1 Å². The van der Waals surface area contributed by atoms with Crippen LogP contribution in [0.5, 0.6) is 11.5 Å². The Bertz CT molecular complexity index is 2840. The molecule has 0 saturated carbocycles. The molecule has 0 bridgehead atoms. The van der Waals surface area contributed by atoms with Crippen LogP contribution in [0.1, 0.15) is 46.8 Å². The lowest BCUT2D eigenvalue weighted by atomic mass is 10.1. The first-order valence-electron chi connectivity index (χ1n) is 25.5. The second kappa shape index (κ2) is 31.1. The Hall–Kier alpha value is -4.24. The number of phenols is 1. The van der Waals surface area contributed by atoms with Crippen molar-refractivity contribution in [3.63, 3.8) is 0 Å². The highest BCUT2D eigenvalue weighted by atomic mass is 35.5. The van der Waals surface area contributed by atoms with Gasteiger partial charge in [-0.2, -0.15) is 0 Å². The van der Waals surface area contributed by atoms with Crippen LogP contribution in [0.3, 0.4) is 0 Å². The lowest BCUT2D eigenvalue weighted by molar-refractivity contribution is 0.0516. The Morgan fingerprint density at radius 2 is 1.09 bits per heavy atom. The van der Waals surface area contributed by atoms with Gasteiger partial charge in [-0.3, -0.25) is 4.90 Å². The lowest BCUT2D eigenvalue weighted by Gasteiger charge is -2.27. The number of amides is 4. The van der Waals surface area contributed by atoms with Gasteiger partial charge < -0.3 is 55.0 Å². The zero-order valence-corrected chi connectivity index (χ0v) is 48.5. The van der Waals surface area contributed by atoms with Crippen LogP contribution in [-0.2, 0) is 64.8 Å². The summed E-state index contributed by atoms with van der Waals surface area (Å²) in [5.74, 6) is 0.514. The first kappa shape index (κ1) is 62.9. The number of urea groups is 2. The first-order valence-corrected chi connectivity index (χ1v) is 30.0. The third-order valence-corrected chi connectivity index (χ3v) is 17.0. The molecule has 20 nitrogen and oxygen atoms in total. The Balaban J connectivity index is 0.695. The number of carbonyl (C=O) groups excluding carboxylic acids is 2. The van der Waals surface area contributed by atoms with Crippen molar-refractivity contribution < 1.29 is 55.2 Å². The summed E-state index contributed by atoms with van der Waals surface area (Å²) in [6, 6.07) is 17.1. The quantitative estimate of drug-likeness (QED) is 0.0274. The summed E-state index contributed by atoms with van der Waals surface area (Å²) in [6.45, 7) is 3.51. The first-order chi connectivity index (χ1) is 37.3. The molecule has 0 saturated heterocycles. The minimum Gasteiger partial charge on any atom is -0.508 e. The average Bonchev–Trinajstić information content (AvgIpc) is 4.01. The summed E-state index contributed by atoms with van der Waals surface area (Å²) in [7, 11) is -1.80. The predicted octanol–water partition coefficient (Wildman–Crippen LogP) is 5.91. The third kappa shape index (κ3) is 19.5. The molecule has 0 aromatic heterocycles. The lowest BCUT2D eigenvalue weighted by Crippen LogP contribution is -2.39. The van der Waals surface area contributed by atoms with Crippen molar-refractivity contribution in [2.75, 3.05) is 113 Å². The number of fused-ring (bicyclic) bond motifs is 2. The molecule has 78 heavy (non-hydrogen) atoms. The number of nitrogens with zero attached hydrogens (tertiary/aromatic N) is 2. The van der Waals surface area contributed by atoms with Gasteiger partial charge in [0.05, 0.1) is 68.7 Å². The summed E-state index contributed by atoms with van der Waals surface area (Å²) in [5.41, 5.74) is 4.52. The van der Waals surface area contributed by atoms with E-state index in [4.69, 9.17) is 70.1 Å². The zero-order valence-electron chi connectivity index (χ0n) is 43.9. The number of halogens is 4. The van der Waals surface area contributed by atoms with Crippen LogP contribution < -0.4 is 35.4 Å². The number of ether oxygens (including phenoxy) is 5. The third-order valence-electron chi connectivity index (χ3n) is 12.9. The topological polar surface area (TPSA) is 247 Å². The van der Waals surface area contributed by atoms with E-state index in [9.17, 15) is 31.5 Å². The van der Waals surface area contributed by atoms with Crippen molar-refractivity contribution >= 4 is 78.5 Å². The van der Waals surface area contributed by atoms with E-state index in [2.05, 4.69) is 40.5 Å². The van der Waals surface area contributed by atoms with Gasteiger partial charge in [0.2, 0.25) is 20.0 Å². The summed E-state index contributed by atoms with van der Waals surface area (Å²) in [4.78, 5) is 28.5. The average molecular weight is 1210 g/mol. The van der Waals surface area contributed by atoms with E-state index in [0.717, 1.165) is 35.1 Å². The van der Waals surface area contributed by atoms with Crippen LogP contribution >= 0.6 is 46.4 Å². The maximum atomic E-state index is 13.0. The van der Waals surface area contributed by atoms with Crippen molar-refractivity contribution in [1.29, 1.82) is 0 Å². The van der Waals surface area contributed by atoms with Crippen molar-refractivity contribution in [2.24, 2.45) is 0 Å². The Labute approximate surface area is 477 Å². The molecule has 0 aliphatic heterocycles. The molecule has 4 amide bonds. The van der Waals surface area contributed by atoms with Gasteiger partial charge in [-0.15, -0.1) is 0 Å². The normalized spacial score (nSPS) is 16.1. The number of hydrogen-bond acceptors (Lipinski definition) is 14. The van der Waals surface area contributed by atoms with Crippen molar-refractivity contribution in [3.05, 3.63) is 115 Å². The second-order valence-corrected chi connectivity index (χ2v) is 24.0. The number of phenolic OH excluding ortho intramolecular Hbond substituents is 1. The number of unbranched alkanes of at least 4 members (excludes halogenated alkanes) is 1. The molecule has 0 spiro atoms. The van der Waals surface area contributed by atoms with E-state index in [1.165, 1.54) is 30.3 Å². The molecule has 0 heterocycles. The minimum absolute atomic E-state index is 0.00204. The van der Waals surface area contributed by atoms with Crippen molar-refractivity contribution in [2.45, 2.75) is 66.6 Å². The van der Waals surface area contributed by atoms with Crippen LogP contribution in [0.15, 0.2) is 76.5 Å². The van der Waals surface area contributed by atoms with E-state index in [0.29, 0.717) is 70.3 Å². The van der Waals surface area contributed by atoms with E-state index in [1.54, 1.807) is 24.3 Å². The largest absolute Gasteiger partial charge is 0.508 e. The highest BCUT2D eigenvalue weighted by molar-refractivity contribution is 7.89. The van der Waals surface area contributed by atoms with Gasteiger partial charge >= 0.3 is 12.1 Å². The molecule has 2 aliphatic rings. The zero-order chi connectivity index (χ0) is 56.2. The number of nitrogens with one attached hydrogen (secondary N) is 6. The number of rotatable bonds is 33. The van der Waals surface area contributed by atoms with E-state index >= 15 is 0 Å². The van der Waals surface area contributed by atoms with Gasteiger partial charge in [0, 0.05) is 83.1 Å². The molecule has 26 heteroatoms. The van der Waals surface area contributed by atoms with E-state index in [1.807, 2.05) is 33.3 Å². The smallest absolute Gasteiger partial charge is 0.314 e. The number of hydrogen-bond donors (Lipinski definition) is 7. The van der Waals surface area contributed by atoms with E-state index in [-0.39, 0.29) is 125 Å². The van der Waals surface area contributed by atoms with Crippen LogP contribution in [0.4, 0.5) is 9.59 Å². The molecule has 4 aromatic rings. The summed E-state index contributed by atoms with van der Waals surface area (Å²) in [6.07, 6.45) is 3.11. The molecular weight excluding hydrogens is 1130 g/mol. The SMILES string of the molecule is CN(C)C1Cc2c(Cl)cc(Cl)cc2C1Oc1ccc(S(=O)(=O)NCCOCCOCCNC(=O)NCCCCNC(=O)NCCOCCOCCNS(=O)(=O)c2ccc(O)c(CN(C)C3Cc4cc(Cl)cc(Cl)c4C3)c2)cc1. The maximum Gasteiger partial charge on any atom is 0.314 e. The number of likely N-dealkylation sites (N-methyl/N-ethyl adjacent to an activating group) is 2. The van der Waals surface area contributed by atoms with Gasteiger partial charge in [-0.1, -0.05) is 46.4 Å². The fourth-order valence-electron chi connectivity index (χ4n) is 8.81. The number of carbonyl (C=O) groups is 2. The van der Waals surface area contributed by atoms with Gasteiger partial charge in [0.15, 0.2) is 0 Å². The summed E-state index contributed by atoms with van der Waals surface area (Å²) < 4.78 is 85.2. The summed E-state index contributed by atoms with van der Waals surface area (Å²) >= 11 is 25.4. The Morgan fingerprint density at radius 1 is 0.590 bits per heavy atom. The molecule has 3 unspecified atom stereocenters. The summed E-state index contributed by atoms with van der Waals surface area (Å²) in [5, 5.41) is 23.8. The molecule has 6 rings (SSSR count).